The molecule has 1 unspecified atom stereocenters. The van der Waals surface area contributed by atoms with Gasteiger partial charge in [-0.1, -0.05) is 37.2 Å². The minimum atomic E-state index is -4.46. The van der Waals surface area contributed by atoms with Crippen LogP contribution in [0.4, 0.5) is 13.2 Å². The number of amides is 1. The zero-order chi connectivity index (χ0) is 25.9. The molecule has 182 valence electrons. The van der Waals surface area contributed by atoms with Gasteiger partial charge in [-0.25, -0.2) is 0 Å². The van der Waals surface area contributed by atoms with Crippen LogP contribution in [0.15, 0.2) is 60.7 Å². The van der Waals surface area contributed by atoms with Gasteiger partial charge >= 0.3 is 6.18 Å². The fourth-order valence-electron chi connectivity index (χ4n) is 3.76. The maximum atomic E-state index is 13.0. The van der Waals surface area contributed by atoms with Crippen LogP contribution in [0, 0.1) is 11.3 Å². The Labute approximate surface area is 207 Å². The van der Waals surface area contributed by atoms with Crippen molar-refractivity contribution in [2.45, 2.75) is 45.3 Å². The molecular formula is C27H24ClF3N2O2. The average Bonchev–Trinajstić information content (AvgIpc) is 2.93. The predicted octanol–water partition coefficient (Wildman–Crippen LogP) is 7.48. The second-order valence-corrected chi connectivity index (χ2v) is 8.70. The summed E-state index contributed by atoms with van der Waals surface area (Å²) in [5.74, 6) is -0.369. The molecule has 0 spiro atoms. The quantitative estimate of drug-likeness (QED) is 0.316. The van der Waals surface area contributed by atoms with E-state index in [0.29, 0.717) is 39.6 Å². The summed E-state index contributed by atoms with van der Waals surface area (Å²) in [5.41, 5.74) is 1.97. The largest absolute Gasteiger partial charge is 0.619 e. The number of ketones is 1. The number of benzene rings is 2. The zero-order valence-corrected chi connectivity index (χ0v) is 20.1. The molecule has 1 aliphatic rings. The number of Topliss-reactive ketones (excluding diaryl/α,β-unsaturated/α-hetero) is 1. The number of rotatable bonds is 7. The molecule has 0 aromatic heterocycles. The summed E-state index contributed by atoms with van der Waals surface area (Å²) >= 11 is 6.47. The second kappa shape index (κ2) is 10.5. The third-order valence-electron chi connectivity index (χ3n) is 5.82. The van der Waals surface area contributed by atoms with Gasteiger partial charge in [-0.3, -0.25) is 9.59 Å². The van der Waals surface area contributed by atoms with Crippen LogP contribution in [0.2, 0.25) is 5.02 Å². The highest BCUT2D eigenvalue weighted by atomic mass is 35.5. The fourth-order valence-corrected chi connectivity index (χ4v) is 3.98. The summed E-state index contributed by atoms with van der Waals surface area (Å²) in [4.78, 5) is 24.4. The first-order chi connectivity index (χ1) is 16.4. The molecule has 1 amide bonds. The Morgan fingerprint density at radius 2 is 1.86 bits per heavy atom. The molecular weight excluding hydrogens is 477 g/mol. The highest BCUT2D eigenvalue weighted by Crippen LogP contribution is 2.44. The molecule has 2 aromatic carbocycles. The van der Waals surface area contributed by atoms with Crippen molar-refractivity contribution < 1.29 is 22.8 Å². The third kappa shape index (κ3) is 6.03. The Morgan fingerprint density at radius 1 is 1.20 bits per heavy atom. The smallest absolute Gasteiger partial charge is 0.416 e. The lowest BCUT2D eigenvalue weighted by molar-refractivity contribution is -0.137. The maximum Gasteiger partial charge on any atom is 0.416 e. The molecule has 1 aliphatic heterocycles. The summed E-state index contributed by atoms with van der Waals surface area (Å²) in [5, 5.41) is 12.5. The number of halogens is 4. The normalized spacial score (nSPS) is 16.5. The van der Waals surface area contributed by atoms with E-state index < -0.39 is 23.7 Å². The van der Waals surface area contributed by atoms with E-state index in [9.17, 15) is 22.8 Å². The van der Waals surface area contributed by atoms with Gasteiger partial charge in [0.25, 0.3) is 0 Å². The lowest BCUT2D eigenvalue weighted by atomic mass is 9.88. The molecule has 0 bridgehead atoms. The molecule has 0 radical (unpaired) electrons. The van der Waals surface area contributed by atoms with E-state index in [0.717, 1.165) is 17.7 Å². The molecule has 0 saturated carbocycles. The van der Waals surface area contributed by atoms with Crippen molar-refractivity contribution in [3.8, 4) is 0 Å². The van der Waals surface area contributed by atoms with E-state index in [4.69, 9.17) is 17.0 Å². The molecule has 2 aromatic rings. The van der Waals surface area contributed by atoms with Crippen LogP contribution in [0.25, 0.3) is 10.9 Å². The van der Waals surface area contributed by atoms with E-state index >= 15 is 0 Å². The van der Waals surface area contributed by atoms with Gasteiger partial charge in [-0.2, -0.15) is 13.2 Å². The monoisotopic (exact) mass is 500 g/mol. The van der Waals surface area contributed by atoms with Crippen LogP contribution in [-0.4, -0.2) is 17.4 Å². The summed E-state index contributed by atoms with van der Waals surface area (Å²) in [6.07, 6.45) is -1.93. The van der Waals surface area contributed by atoms with E-state index in [1.54, 1.807) is 38.1 Å². The number of nitrogens with one attached hydrogen (secondary N) is 1. The van der Waals surface area contributed by atoms with E-state index in [1.165, 1.54) is 12.1 Å². The lowest BCUT2D eigenvalue weighted by Gasteiger charge is -2.30. The number of nitrogens with zero attached hydrogens (tertiary/aromatic N) is 1. The molecule has 8 heteroatoms. The van der Waals surface area contributed by atoms with Crippen LogP contribution in [0.1, 0.15) is 55.0 Å². The SMILES string of the molecule is C=C1C(c2ccc(C(F)(F)F)cc2)=C[C+](C)C(=O)[N-]C1c1cc(CCC(=N)C(=O)CC)ccc1Cl. The first kappa shape index (κ1) is 26.3. The van der Waals surface area contributed by atoms with Gasteiger partial charge in [0.05, 0.1) is 16.8 Å². The van der Waals surface area contributed by atoms with Gasteiger partial charge in [-0.05, 0) is 60.3 Å². The van der Waals surface area contributed by atoms with Crippen molar-refractivity contribution in [3.05, 3.63) is 99.2 Å². The summed E-state index contributed by atoms with van der Waals surface area (Å²) in [7, 11) is 0. The fraction of sp³-hybridized carbons (Fsp3) is 0.259. The molecule has 4 nitrogen and oxygen atoms in total. The lowest BCUT2D eigenvalue weighted by Crippen LogP contribution is -2.12. The van der Waals surface area contributed by atoms with E-state index in [2.05, 4.69) is 11.9 Å². The minimum Gasteiger partial charge on any atom is -0.619 e. The number of alkyl halides is 3. The molecule has 0 saturated heterocycles. The van der Waals surface area contributed by atoms with Crippen LogP contribution in [0.5, 0.6) is 0 Å². The molecule has 1 heterocycles. The van der Waals surface area contributed by atoms with Crippen LogP contribution >= 0.6 is 11.6 Å². The van der Waals surface area contributed by atoms with Crippen molar-refractivity contribution in [1.29, 1.82) is 5.41 Å². The molecule has 35 heavy (non-hydrogen) atoms. The topological polar surface area (TPSA) is 72.1 Å². The van der Waals surface area contributed by atoms with E-state index in [-0.39, 0.29) is 24.3 Å². The van der Waals surface area contributed by atoms with Gasteiger partial charge in [0, 0.05) is 23.9 Å². The highest BCUT2D eigenvalue weighted by molar-refractivity contribution is 6.38. The first-order valence-electron chi connectivity index (χ1n) is 11.0. The van der Waals surface area contributed by atoms with Gasteiger partial charge in [-0.15, -0.1) is 0 Å². The Hall–Kier alpha value is -3.32. The number of aryl methyl sites for hydroxylation is 1. The number of hydrogen-bond donors (Lipinski definition) is 1. The van der Waals surface area contributed by atoms with Crippen LogP contribution in [0.3, 0.4) is 0 Å². The average molecular weight is 501 g/mol. The van der Waals surface area contributed by atoms with Crippen LogP contribution in [-0.2, 0) is 22.2 Å². The first-order valence-corrected chi connectivity index (χ1v) is 11.4. The Bertz CT molecular complexity index is 1200. The standard InChI is InChI=1S/C27H24ClF3N2O2/c1-4-24(34)23(32)12-6-17-5-11-22(28)21(14-17)25-16(3)20(13-15(2)26(35)33-25)18-7-9-19(10-8-18)27(29,30)31/h5,7-11,13-14,25,32H,3-4,6,12H2,1-2H3. The summed E-state index contributed by atoms with van der Waals surface area (Å²) in [6.45, 7) is 7.41. The summed E-state index contributed by atoms with van der Waals surface area (Å²) in [6, 6.07) is 9.01. The van der Waals surface area contributed by atoms with Crippen molar-refractivity contribution in [2.24, 2.45) is 0 Å². The number of carbonyl (C=O) groups excluding carboxylic acids is 2. The summed E-state index contributed by atoms with van der Waals surface area (Å²) < 4.78 is 39.1. The van der Waals surface area contributed by atoms with Crippen molar-refractivity contribution in [3.63, 3.8) is 0 Å². The minimum absolute atomic E-state index is 0.0421. The number of carbonyl (C=O) groups is 2. The van der Waals surface area contributed by atoms with Crippen molar-refractivity contribution >= 4 is 34.6 Å². The van der Waals surface area contributed by atoms with Gasteiger partial charge < -0.3 is 10.7 Å². The second-order valence-electron chi connectivity index (χ2n) is 8.29. The van der Waals surface area contributed by atoms with E-state index in [1.807, 2.05) is 0 Å². The third-order valence-corrected chi connectivity index (χ3v) is 6.16. The highest BCUT2D eigenvalue weighted by Gasteiger charge is 2.32. The Balaban J connectivity index is 1.95. The molecule has 1 N–H and O–H groups in total. The van der Waals surface area contributed by atoms with Gasteiger partial charge in [0.2, 0.25) is 0 Å². The zero-order valence-electron chi connectivity index (χ0n) is 19.3. The van der Waals surface area contributed by atoms with Gasteiger partial charge in [0.1, 0.15) is 17.6 Å². The molecule has 1 atom stereocenters. The molecule has 0 fully saturated rings. The Kier molecular flexibility index (Phi) is 7.90. The Morgan fingerprint density at radius 3 is 2.46 bits per heavy atom. The molecule has 0 aliphatic carbocycles. The predicted molar refractivity (Wildman–Crippen MR) is 131 cm³/mol. The maximum absolute atomic E-state index is 13.0. The molecule has 3 rings (SSSR count). The van der Waals surface area contributed by atoms with Crippen molar-refractivity contribution in [1.82, 2.24) is 0 Å². The van der Waals surface area contributed by atoms with Crippen LogP contribution < -0.4 is 0 Å². The number of hydrogen-bond acceptors (Lipinski definition) is 3. The van der Waals surface area contributed by atoms with Crippen molar-refractivity contribution in [2.75, 3.05) is 0 Å². The van der Waals surface area contributed by atoms with Gasteiger partial charge in [0.15, 0.2) is 11.7 Å².